The number of piperazine rings is 1. The Bertz CT molecular complexity index is 1780. The van der Waals surface area contributed by atoms with Crippen molar-refractivity contribution in [3.05, 3.63) is 95.6 Å². The van der Waals surface area contributed by atoms with Crippen molar-refractivity contribution in [2.45, 2.75) is 61.4 Å². The average Bonchev–Trinajstić information content (AvgIpc) is 3.52. The Morgan fingerprint density at radius 1 is 0.837 bits per heavy atom. The van der Waals surface area contributed by atoms with Gasteiger partial charge in [0.15, 0.2) is 5.60 Å². The largest absolute Gasteiger partial charge is 0.391 e. The molecule has 0 amide bonds. The normalized spacial score (nSPS) is 24.2. The highest BCUT2D eigenvalue weighted by atomic mass is 19.4. The van der Waals surface area contributed by atoms with E-state index in [1.807, 2.05) is 24.3 Å². The third kappa shape index (κ3) is 5.67. The molecule has 49 heavy (non-hydrogen) atoms. The number of benzene rings is 2. The van der Waals surface area contributed by atoms with Crippen molar-refractivity contribution in [1.82, 2.24) is 25.2 Å². The summed E-state index contributed by atoms with van der Waals surface area (Å²) in [6.45, 7) is 1.71. The fourth-order valence-electron chi connectivity index (χ4n) is 7.89. The van der Waals surface area contributed by atoms with E-state index in [1.165, 1.54) is 12.3 Å². The van der Waals surface area contributed by atoms with E-state index in [0.717, 1.165) is 40.1 Å². The van der Waals surface area contributed by atoms with Crippen molar-refractivity contribution in [3.8, 4) is 0 Å². The Morgan fingerprint density at radius 2 is 1.47 bits per heavy atom. The van der Waals surface area contributed by atoms with Gasteiger partial charge in [0, 0.05) is 48.9 Å². The molecule has 16 heteroatoms. The summed E-state index contributed by atoms with van der Waals surface area (Å²) in [7, 11) is 0. The number of hydrogen-bond acceptors (Lipinski definition) is 8. The van der Waals surface area contributed by atoms with Gasteiger partial charge in [0.05, 0.1) is 30.5 Å². The second-order valence-electron chi connectivity index (χ2n) is 13.5. The molecule has 2 atom stereocenters. The number of nitrogens with zero attached hydrogens (tertiary/aromatic N) is 7. The summed E-state index contributed by atoms with van der Waals surface area (Å²) in [6, 6.07) is 12.9. The van der Waals surface area contributed by atoms with E-state index in [9.17, 15) is 32.2 Å². The molecule has 2 bridgehead atoms. The van der Waals surface area contributed by atoms with Crippen LogP contribution in [0.4, 0.5) is 42.1 Å². The van der Waals surface area contributed by atoms with Crippen LogP contribution in [0, 0.1) is 17.0 Å². The van der Waals surface area contributed by atoms with Crippen LogP contribution < -0.4 is 9.80 Å². The third-order valence-electron chi connectivity index (χ3n) is 10.4. The van der Waals surface area contributed by atoms with Gasteiger partial charge in [0.1, 0.15) is 24.1 Å². The Kier molecular flexibility index (Phi) is 7.89. The number of aliphatic hydroxyl groups excluding tert-OH is 1. The maximum atomic E-state index is 16.5. The first-order valence-corrected chi connectivity index (χ1v) is 15.7. The SMILES string of the molecule is O[C@@H](CC(F)(F)F)c1ccc(N2CCN(c3ccc(C45CC(C(F)(F)[C@@](O)(Cn6cnnn6)c6ccc(F)cc6F)(C4)C5)cc3)CC2)cn1. The number of anilines is 2. The Balaban J connectivity index is 0.994. The van der Waals surface area contributed by atoms with Gasteiger partial charge in [-0.2, -0.15) is 13.2 Å². The molecular weight excluding hydrogens is 659 g/mol. The van der Waals surface area contributed by atoms with Crippen LogP contribution in [0.1, 0.15) is 48.6 Å². The molecule has 4 aliphatic rings. The minimum atomic E-state index is -4.50. The maximum Gasteiger partial charge on any atom is 0.391 e. The quantitative estimate of drug-likeness (QED) is 0.216. The zero-order valence-electron chi connectivity index (χ0n) is 26.0. The molecule has 2 aromatic carbocycles. The van der Waals surface area contributed by atoms with Crippen LogP contribution in [0.15, 0.2) is 67.1 Å². The Morgan fingerprint density at radius 3 is 2.02 bits per heavy atom. The van der Waals surface area contributed by atoms with Gasteiger partial charge < -0.3 is 20.0 Å². The first-order valence-electron chi connectivity index (χ1n) is 15.7. The molecule has 2 aromatic heterocycles. The van der Waals surface area contributed by atoms with Crippen molar-refractivity contribution < 1.29 is 40.9 Å². The summed E-state index contributed by atoms with van der Waals surface area (Å²) in [5, 5.41) is 31.9. The molecule has 260 valence electrons. The molecule has 4 aromatic rings. The van der Waals surface area contributed by atoms with Crippen molar-refractivity contribution in [2.75, 3.05) is 36.0 Å². The molecular formula is C33H32F7N7O2. The second kappa shape index (κ2) is 11.6. The van der Waals surface area contributed by atoms with Gasteiger partial charge in [0.25, 0.3) is 5.92 Å². The zero-order chi connectivity index (χ0) is 34.8. The molecule has 8 rings (SSSR count). The lowest BCUT2D eigenvalue weighted by Crippen LogP contribution is -2.76. The van der Waals surface area contributed by atoms with Crippen LogP contribution in [0.2, 0.25) is 0 Å². The second-order valence-corrected chi connectivity index (χ2v) is 13.5. The summed E-state index contributed by atoms with van der Waals surface area (Å²) in [5.74, 6) is -6.06. The highest BCUT2D eigenvalue weighted by Gasteiger charge is 2.82. The molecule has 3 saturated carbocycles. The van der Waals surface area contributed by atoms with Crippen molar-refractivity contribution in [3.63, 3.8) is 0 Å². The number of aliphatic hydroxyl groups is 2. The van der Waals surface area contributed by atoms with Gasteiger partial charge in [-0.3, -0.25) is 4.98 Å². The van der Waals surface area contributed by atoms with Gasteiger partial charge in [0.2, 0.25) is 0 Å². The maximum absolute atomic E-state index is 16.5. The van der Waals surface area contributed by atoms with Crippen LogP contribution in [0.25, 0.3) is 0 Å². The Labute approximate surface area is 276 Å². The standard InChI is InChI=1S/C33H32F7N7O2/c34-22-3-7-25(26(35)13-22)31(49,19-47-20-42-43-44-47)33(39,40)30-16-29(17-30,18-30)21-1-4-23(5-2-21)45-9-11-46(12-10-45)24-6-8-27(41-15-24)28(48)14-32(36,37)38/h1-8,13,15,20,28,48-49H,9-12,14,16-19H2/t28-,29?,30?,31+/m0/s1. The lowest BCUT2D eigenvalue weighted by Gasteiger charge is -2.74. The highest BCUT2D eigenvalue weighted by molar-refractivity contribution is 5.54. The first kappa shape index (κ1) is 33.2. The predicted molar refractivity (Wildman–Crippen MR) is 162 cm³/mol. The van der Waals surface area contributed by atoms with E-state index < -0.39 is 64.8 Å². The average molecular weight is 692 g/mol. The fraction of sp³-hybridized carbons (Fsp3) is 0.455. The minimum absolute atomic E-state index is 0.0417. The molecule has 1 aliphatic heterocycles. The molecule has 1 saturated heterocycles. The number of rotatable bonds is 10. The molecule has 3 aliphatic carbocycles. The molecule has 0 radical (unpaired) electrons. The summed E-state index contributed by atoms with van der Waals surface area (Å²) in [6.07, 6.45) is -4.86. The van der Waals surface area contributed by atoms with Gasteiger partial charge in [-0.1, -0.05) is 12.1 Å². The topological polar surface area (TPSA) is 103 Å². The number of pyridine rings is 1. The molecule has 3 heterocycles. The number of tetrazole rings is 1. The molecule has 4 fully saturated rings. The molecule has 0 unspecified atom stereocenters. The van der Waals surface area contributed by atoms with Crippen LogP contribution in [-0.4, -0.2) is 73.7 Å². The fourth-order valence-corrected chi connectivity index (χ4v) is 7.89. The van der Waals surface area contributed by atoms with Crippen LogP contribution in [0.5, 0.6) is 0 Å². The first-order chi connectivity index (χ1) is 23.1. The summed E-state index contributed by atoms with van der Waals surface area (Å²) in [5.41, 5.74) is -3.36. The van der Waals surface area contributed by atoms with Gasteiger partial charge in [-0.15, -0.1) is 5.10 Å². The van der Waals surface area contributed by atoms with Crippen molar-refractivity contribution in [1.29, 1.82) is 0 Å². The van der Waals surface area contributed by atoms with Crippen molar-refractivity contribution in [2.24, 2.45) is 5.41 Å². The molecule has 2 N–H and O–H groups in total. The number of halogens is 7. The van der Waals surface area contributed by atoms with Gasteiger partial charge in [-0.25, -0.2) is 22.2 Å². The van der Waals surface area contributed by atoms with Crippen LogP contribution in [-0.2, 0) is 17.6 Å². The summed E-state index contributed by atoms with van der Waals surface area (Å²) in [4.78, 5) is 8.26. The predicted octanol–water partition coefficient (Wildman–Crippen LogP) is 5.30. The van der Waals surface area contributed by atoms with Gasteiger partial charge in [-0.05, 0) is 77.1 Å². The van der Waals surface area contributed by atoms with E-state index in [2.05, 4.69) is 30.3 Å². The lowest BCUT2D eigenvalue weighted by molar-refractivity contribution is -0.347. The van der Waals surface area contributed by atoms with Crippen LogP contribution >= 0.6 is 0 Å². The Hall–Kier alpha value is -4.31. The molecule has 9 nitrogen and oxygen atoms in total. The lowest BCUT2D eigenvalue weighted by atomic mass is 9.30. The van der Waals surface area contributed by atoms with E-state index >= 15 is 8.78 Å². The van der Waals surface area contributed by atoms with Crippen molar-refractivity contribution >= 4 is 11.4 Å². The number of alkyl halides is 5. The molecule has 0 spiro atoms. The van der Waals surface area contributed by atoms with E-state index in [-0.39, 0.29) is 25.0 Å². The van der Waals surface area contributed by atoms with E-state index in [1.54, 1.807) is 6.07 Å². The van der Waals surface area contributed by atoms with Crippen LogP contribution in [0.3, 0.4) is 0 Å². The third-order valence-corrected chi connectivity index (χ3v) is 10.4. The smallest absolute Gasteiger partial charge is 0.386 e. The highest BCUT2D eigenvalue weighted by Crippen LogP contribution is 2.80. The van der Waals surface area contributed by atoms with Gasteiger partial charge >= 0.3 is 6.18 Å². The summed E-state index contributed by atoms with van der Waals surface area (Å²) >= 11 is 0. The zero-order valence-corrected chi connectivity index (χ0v) is 26.0. The monoisotopic (exact) mass is 691 g/mol. The number of hydrogen-bond donors (Lipinski definition) is 2. The van der Waals surface area contributed by atoms with E-state index in [4.69, 9.17) is 0 Å². The summed E-state index contributed by atoms with van der Waals surface area (Å²) < 4.78 is 100. The minimum Gasteiger partial charge on any atom is -0.386 e. The van der Waals surface area contributed by atoms with E-state index in [0.29, 0.717) is 32.2 Å². The number of aromatic nitrogens is 5.